The van der Waals surface area contributed by atoms with Gasteiger partial charge in [-0.05, 0) is 6.42 Å². The Morgan fingerprint density at radius 2 is 2.00 bits per heavy atom. The van der Waals surface area contributed by atoms with Crippen LogP contribution in [0.2, 0.25) is 0 Å². The van der Waals surface area contributed by atoms with Crippen LogP contribution in [-0.4, -0.2) is 85.2 Å². The minimum Gasteiger partial charge on any atom is -0.388 e. The van der Waals surface area contributed by atoms with Crippen LogP contribution >= 0.6 is 0 Å². The van der Waals surface area contributed by atoms with Crippen LogP contribution in [0.25, 0.3) is 0 Å². The van der Waals surface area contributed by atoms with E-state index in [0.717, 1.165) is 19.3 Å². The topological polar surface area (TPSA) is 108 Å². The Kier molecular flexibility index (Phi) is 9.08. The maximum absolute atomic E-state index is 12.2. The third kappa shape index (κ3) is 6.06. The molecule has 0 aliphatic carbocycles. The van der Waals surface area contributed by atoms with Gasteiger partial charge in [0, 0.05) is 13.7 Å². The van der Waals surface area contributed by atoms with Crippen molar-refractivity contribution in [3.63, 3.8) is 0 Å². The molecule has 3 N–H and O–H groups in total. The van der Waals surface area contributed by atoms with Crippen LogP contribution in [0.4, 0.5) is 0 Å². The summed E-state index contributed by atoms with van der Waals surface area (Å²) in [5.41, 5.74) is 0. The molecule has 0 spiro atoms. The molecule has 0 aromatic carbocycles. The number of ether oxygens (including phenoxy) is 2. The third-order valence-corrected chi connectivity index (χ3v) is 3.76. The molecule has 3 atom stereocenters. The minimum absolute atomic E-state index is 0.0827. The average molecular weight is 332 g/mol. The van der Waals surface area contributed by atoms with E-state index in [1.54, 1.807) is 0 Å². The van der Waals surface area contributed by atoms with E-state index >= 15 is 0 Å². The zero-order chi connectivity index (χ0) is 17.2. The molecule has 1 rings (SSSR count). The van der Waals surface area contributed by atoms with Gasteiger partial charge >= 0.3 is 0 Å². The van der Waals surface area contributed by atoms with Crippen molar-refractivity contribution in [3.8, 4) is 0 Å². The Hall–Kier alpha value is -1.22. The lowest BCUT2D eigenvalue weighted by Crippen LogP contribution is -2.51. The number of nitrogens with zero attached hydrogens (tertiary/aromatic N) is 1. The van der Waals surface area contributed by atoms with Crippen molar-refractivity contribution in [2.24, 2.45) is 0 Å². The number of carbonyl (C=O) groups excluding carboxylic acids is 2. The van der Waals surface area contributed by atoms with E-state index in [0.29, 0.717) is 13.2 Å². The van der Waals surface area contributed by atoms with Gasteiger partial charge in [0.2, 0.25) is 11.8 Å². The van der Waals surface area contributed by atoms with Gasteiger partial charge < -0.3 is 29.9 Å². The van der Waals surface area contributed by atoms with E-state index in [4.69, 9.17) is 9.47 Å². The Labute approximate surface area is 136 Å². The molecule has 23 heavy (non-hydrogen) atoms. The highest BCUT2D eigenvalue weighted by Gasteiger charge is 2.46. The maximum Gasteiger partial charge on any atom is 0.249 e. The van der Waals surface area contributed by atoms with E-state index in [2.05, 4.69) is 12.2 Å². The summed E-state index contributed by atoms with van der Waals surface area (Å²) in [6.07, 6.45) is 0.436. The Bertz CT molecular complexity index is 379. The molecular weight excluding hydrogens is 304 g/mol. The second-order valence-corrected chi connectivity index (χ2v) is 5.59. The van der Waals surface area contributed by atoms with E-state index in [-0.39, 0.29) is 19.8 Å². The Morgan fingerprint density at radius 1 is 1.26 bits per heavy atom. The lowest BCUT2D eigenvalue weighted by atomic mass is 10.1. The van der Waals surface area contributed by atoms with Gasteiger partial charge in [-0.25, -0.2) is 0 Å². The molecule has 1 heterocycles. The van der Waals surface area contributed by atoms with Crippen LogP contribution in [0.5, 0.6) is 0 Å². The summed E-state index contributed by atoms with van der Waals surface area (Å²) in [7, 11) is 1.53. The van der Waals surface area contributed by atoms with Crippen molar-refractivity contribution in [2.45, 2.75) is 44.4 Å². The first-order chi connectivity index (χ1) is 11.0. The van der Waals surface area contributed by atoms with Gasteiger partial charge in [-0.1, -0.05) is 19.8 Å². The number of likely N-dealkylation sites (tertiary alicyclic amines) is 1. The fraction of sp³-hybridized carbons (Fsp3) is 0.867. The van der Waals surface area contributed by atoms with Gasteiger partial charge in [0.1, 0.15) is 18.8 Å². The van der Waals surface area contributed by atoms with E-state index < -0.39 is 30.1 Å². The van der Waals surface area contributed by atoms with Crippen molar-refractivity contribution in [1.29, 1.82) is 0 Å². The Balaban J connectivity index is 2.54. The lowest BCUT2D eigenvalue weighted by Gasteiger charge is -2.25. The summed E-state index contributed by atoms with van der Waals surface area (Å²) >= 11 is 0. The molecular formula is C15H28N2O6. The maximum atomic E-state index is 12.2. The first kappa shape index (κ1) is 19.8. The SMILES string of the molecule is CCCCCNC(=O)C1[C@H](O)[C@@H](O)CN1C(=O)COCCOC. The molecule has 1 fully saturated rings. The fourth-order valence-corrected chi connectivity index (χ4v) is 2.45. The quantitative estimate of drug-likeness (QED) is 0.438. The van der Waals surface area contributed by atoms with Gasteiger partial charge in [0.15, 0.2) is 0 Å². The molecule has 8 nitrogen and oxygen atoms in total. The number of methoxy groups -OCH3 is 1. The molecule has 2 amide bonds. The number of carbonyl (C=O) groups is 2. The average Bonchev–Trinajstić information content (AvgIpc) is 2.83. The monoisotopic (exact) mass is 332 g/mol. The smallest absolute Gasteiger partial charge is 0.249 e. The number of nitrogens with one attached hydrogen (secondary N) is 1. The molecule has 1 aliphatic heterocycles. The number of unbranched alkanes of at least 4 members (excludes halogenated alkanes) is 2. The molecule has 134 valence electrons. The van der Waals surface area contributed by atoms with Crippen molar-refractivity contribution in [2.75, 3.05) is 40.0 Å². The number of β-amino-alcohol motifs (C(OH)–C–C–N with tert-alkyl or cyclic N) is 1. The zero-order valence-electron chi connectivity index (χ0n) is 13.9. The van der Waals surface area contributed by atoms with Crippen molar-refractivity contribution in [3.05, 3.63) is 0 Å². The fourth-order valence-electron chi connectivity index (χ4n) is 2.45. The third-order valence-electron chi connectivity index (χ3n) is 3.76. The molecule has 0 saturated carbocycles. The first-order valence-electron chi connectivity index (χ1n) is 8.02. The number of rotatable bonds is 10. The second-order valence-electron chi connectivity index (χ2n) is 5.59. The van der Waals surface area contributed by atoms with E-state index in [9.17, 15) is 19.8 Å². The van der Waals surface area contributed by atoms with Crippen molar-refractivity contribution in [1.82, 2.24) is 10.2 Å². The summed E-state index contributed by atoms with van der Waals surface area (Å²) in [6.45, 7) is 2.86. The van der Waals surface area contributed by atoms with Gasteiger partial charge in [0.25, 0.3) is 0 Å². The highest BCUT2D eigenvalue weighted by Crippen LogP contribution is 2.19. The van der Waals surface area contributed by atoms with Crippen LogP contribution < -0.4 is 5.32 Å². The largest absolute Gasteiger partial charge is 0.388 e. The van der Waals surface area contributed by atoms with Gasteiger partial charge in [-0.15, -0.1) is 0 Å². The van der Waals surface area contributed by atoms with Crippen LogP contribution in [0.15, 0.2) is 0 Å². The summed E-state index contributed by atoms with van der Waals surface area (Å²) in [5.74, 6) is -0.888. The number of hydrogen-bond acceptors (Lipinski definition) is 6. The molecule has 0 aromatic rings. The first-order valence-corrected chi connectivity index (χ1v) is 8.02. The summed E-state index contributed by atoms with van der Waals surface area (Å²) in [6, 6.07) is -1.08. The molecule has 0 bridgehead atoms. The van der Waals surface area contributed by atoms with Crippen molar-refractivity contribution < 1.29 is 29.3 Å². The number of aliphatic hydroxyl groups excluding tert-OH is 2. The molecule has 1 saturated heterocycles. The molecule has 1 unspecified atom stereocenters. The minimum atomic E-state index is -1.29. The van der Waals surface area contributed by atoms with Crippen LogP contribution in [0.1, 0.15) is 26.2 Å². The lowest BCUT2D eigenvalue weighted by molar-refractivity contribution is -0.144. The zero-order valence-corrected chi connectivity index (χ0v) is 13.9. The summed E-state index contributed by atoms with van der Waals surface area (Å²) < 4.78 is 9.96. The van der Waals surface area contributed by atoms with Crippen molar-refractivity contribution >= 4 is 11.8 Å². The molecule has 8 heteroatoms. The van der Waals surface area contributed by atoms with Gasteiger partial charge in [-0.3, -0.25) is 9.59 Å². The predicted molar refractivity (Wildman–Crippen MR) is 82.7 cm³/mol. The highest BCUT2D eigenvalue weighted by molar-refractivity contribution is 5.89. The highest BCUT2D eigenvalue weighted by atomic mass is 16.5. The molecule has 0 aromatic heterocycles. The number of amides is 2. The van der Waals surface area contributed by atoms with E-state index in [1.165, 1.54) is 12.0 Å². The summed E-state index contributed by atoms with van der Waals surface area (Å²) in [4.78, 5) is 25.5. The van der Waals surface area contributed by atoms with E-state index in [1.807, 2.05) is 0 Å². The van der Waals surface area contributed by atoms with Crippen LogP contribution in [0.3, 0.4) is 0 Å². The van der Waals surface area contributed by atoms with Crippen LogP contribution in [-0.2, 0) is 19.1 Å². The second kappa shape index (κ2) is 10.5. The predicted octanol–water partition coefficient (Wildman–Crippen LogP) is -1.11. The number of hydrogen-bond donors (Lipinski definition) is 3. The van der Waals surface area contributed by atoms with Gasteiger partial charge in [-0.2, -0.15) is 0 Å². The molecule has 1 aliphatic rings. The van der Waals surface area contributed by atoms with Gasteiger partial charge in [0.05, 0.1) is 25.9 Å². The Morgan fingerprint density at radius 3 is 2.65 bits per heavy atom. The van der Waals surface area contributed by atoms with Crippen LogP contribution in [0, 0.1) is 0 Å². The number of aliphatic hydroxyl groups is 2. The standard InChI is InChI=1S/C15H28N2O6/c1-3-4-5-6-16-15(21)13-14(20)11(18)9-17(13)12(19)10-23-8-7-22-2/h11,13-14,18,20H,3-10H2,1-2H3,(H,16,21)/t11-,13?,14+/m0/s1. The molecule has 0 radical (unpaired) electrons. The summed E-state index contributed by atoms with van der Waals surface area (Å²) in [5, 5.41) is 22.5. The normalized spacial score (nSPS) is 24.0.